The monoisotopic (exact) mass is 438 g/mol. The fourth-order valence-electron chi connectivity index (χ4n) is 4.06. The molecule has 1 aromatic rings. The molecule has 0 unspecified atom stereocenters. The van der Waals surface area contributed by atoms with Gasteiger partial charge in [0.15, 0.2) is 0 Å². The van der Waals surface area contributed by atoms with Gasteiger partial charge in [-0.2, -0.15) is 4.31 Å². The van der Waals surface area contributed by atoms with E-state index in [2.05, 4.69) is 16.7 Å². The van der Waals surface area contributed by atoms with Crippen molar-refractivity contribution in [1.82, 2.24) is 19.0 Å². The number of likely N-dealkylation sites (N-methyl/N-ethyl adjacent to an activating group) is 1. The van der Waals surface area contributed by atoms with Gasteiger partial charge in [-0.15, -0.1) is 0 Å². The van der Waals surface area contributed by atoms with Gasteiger partial charge in [-0.3, -0.25) is 9.69 Å². The summed E-state index contributed by atoms with van der Waals surface area (Å²) < 4.78 is 32.8. The summed E-state index contributed by atoms with van der Waals surface area (Å²) in [6.45, 7) is 12.8. The van der Waals surface area contributed by atoms with Crippen molar-refractivity contribution in [1.29, 1.82) is 0 Å². The fraction of sp³-hybridized carbons (Fsp3) is 0.667. The molecule has 0 aromatic heterocycles. The van der Waals surface area contributed by atoms with E-state index >= 15 is 0 Å². The van der Waals surface area contributed by atoms with Crippen molar-refractivity contribution in [2.45, 2.75) is 31.7 Å². The first-order chi connectivity index (χ1) is 14.4. The standard InChI is InChI=1S/C21H34N4O4S/c1-4-22-10-12-24(13-11-22)21(26)18(3)23-14-16-25(17-15-23)30(27,28)20-8-6-19(7-9-20)29-5-2/h6-9,18H,4-5,10-17H2,1-3H3/t18-/m1/s1. The average Bonchev–Trinajstić information content (AvgIpc) is 2.79. The molecule has 8 nitrogen and oxygen atoms in total. The third-order valence-corrected chi connectivity index (χ3v) is 7.99. The number of benzene rings is 1. The zero-order valence-electron chi connectivity index (χ0n) is 18.3. The molecule has 1 aromatic carbocycles. The van der Waals surface area contributed by atoms with Crippen molar-refractivity contribution >= 4 is 15.9 Å². The van der Waals surface area contributed by atoms with Gasteiger partial charge in [-0.25, -0.2) is 8.42 Å². The first kappa shape index (κ1) is 23.0. The van der Waals surface area contributed by atoms with Gasteiger partial charge in [0.25, 0.3) is 0 Å². The predicted octanol–water partition coefficient (Wildman–Crippen LogP) is 0.944. The average molecular weight is 439 g/mol. The van der Waals surface area contributed by atoms with Gasteiger partial charge in [-0.05, 0) is 44.7 Å². The van der Waals surface area contributed by atoms with E-state index in [-0.39, 0.29) is 16.8 Å². The van der Waals surface area contributed by atoms with Gasteiger partial charge < -0.3 is 14.5 Å². The number of carbonyl (C=O) groups excluding carboxylic acids is 1. The van der Waals surface area contributed by atoms with Gasteiger partial charge in [0.2, 0.25) is 15.9 Å². The number of sulfonamides is 1. The largest absolute Gasteiger partial charge is 0.494 e. The maximum absolute atomic E-state index is 13.0. The van der Waals surface area contributed by atoms with Crippen molar-refractivity contribution in [2.24, 2.45) is 0 Å². The molecule has 2 heterocycles. The minimum atomic E-state index is -3.54. The summed E-state index contributed by atoms with van der Waals surface area (Å²) in [5.74, 6) is 0.807. The molecule has 2 fully saturated rings. The molecule has 30 heavy (non-hydrogen) atoms. The number of rotatable bonds is 7. The molecule has 0 spiro atoms. The summed E-state index contributed by atoms with van der Waals surface area (Å²) in [4.78, 5) is 19.6. The van der Waals surface area contributed by atoms with Gasteiger partial charge in [0.1, 0.15) is 5.75 Å². The molecule has 0 saturated carbocycles. The second-order valence-corrected chi connectivity index (χ2v) is 9.72. The summed E-state index contributed by atoms with van der Waals surface area (Å²) in [5, 5.41) is 0. The lowest BCUT2D eigenvalue weighted by Gasteiger charge is -2.40. The highest BCUT2D eigenvalue weighted by Crippen LogP contribution is 2.21. The highest BCUT2D eigenvalue weighted by atomic mass is 32.2. The van der Waals surface area contributed by atoms with Crippen LogP contribution in [-0.2, 0) is 14.8 Å². The quantitative estimate of drug-likeness (QED) is 0.631. The fourth-order valence-corrected chi connectivity index (χ4v) is 5.48. The Morgan fingerprint density at radius 3 is 2.10 bits per heavy atom. The lowest BCUT2D eigenvalue weighted by molar-refractivity contribution is -0.138. The van der Waals surface area contributed by atoms with Crippen LogP contribution < -0.4 is 4.74 Å². The molecule has 3 rings (SSSR count). The van der Waals surface area contributed by atoms with Crippen LogP contribution in [0, 0.1) is 0 Å². The topological polar surface area (TPSA) is 73.4 Å². The molecule has 168 valence electrons. The second-order valence-electron chi connectivity index (χ2n) is 7.78. The number of hydrogen-bond donors (Lipinski definition) is 0. The SMILES string of the molecule is CCOc1ccc(S(=O)(=O)N2CCN([C@H](C)C(=O)N3CCN(CC)CC3)CC2)cc1. The normalized spacial score (nSPS) is 20.8. The van der Waals surface area contributed by atoms with Crippen molar-refractivity contribution in [3.05, 3.63) is 24.3 Å². The van der Waals surface area contributed by atoms with Crippen LogP contribution >= 0.6 is 0 Å². The van der Waals surface area contributed by atoms with Crippen LogP contribution in [0.3, 0.4) is 0 Å². The first-order valence-corrected chi connectivity index (χ1v) is 12.3. The maximum atomic E-state index is 13.0. The van der Waals surface area contributed by atoms with Crippen LogP contribution in [0.5, 0.6) is 5.75 Å². The predicted molar refractivity (Wildman–Crippen MR) is 116 cm³/mol. The van der Waals surface area contributed by atoms with Crippen LogP contribution in [0.25, 0.3) is 0 Å². The minimum absolute atomic E-state index is 0.147. The van der Waals surface area contributed by atoms with Gasteiger partial charge >= 0.3 is 0 Å². The van der Waals surface area contributed by atoms with Crippen molar-refractivity contribution in [3.63, 3.8) is 0 Å². The Hall–Kier alpha value is -1.68. The number of carbonyl (C=O) groups is 1. The van der Waals surface area contributed by atoms with Crippen molar-refractivity contribution in [3.8, 4) is 5.75 Å². The van der Waals surface area contributed by atoms with Gasteiger partial charge in [0, 0.05) is 52.4 Å². The third kappa shape index (κ3) is 5.14. The molecule has 2 aliphatic heterocycles. The maximum Gasteiger partial charge on any atom is 0.243 e. The Bertz CT molecular complexity index is 799. The summed E-state index contributed by atoms with van der Waals surface area (Å²) in [7, 11) is -3.54. The molecule has 2 saturated heterocycles. The molecular formula is C21H34N4O4S. The van der Waals surface area contributed by atoms with Crippen molar-refractivity contribution < 1.29 is 17.9 Å². The summed E-state index contributed by atoms with van der Waals surface area (Å²) in [6, 6.07) is 6.33. The highest BCUT2D eigenvalue weighted by Gasteiger charge is 2.33. The summed E-state index contributed by atoms with van der Waals surface area (Å²) in [6.07, 6.45) is 0. The Morgan fingerprint density at radius 1 is 0.967 bits per heavy atom. The van der Waals surface area contributed by atoms with Crippen LogP contribution in [-0.4, -0.2) is 105 Å². The van der Waals surface area contributed by atoms with Gasteiger partial charge in [-0.1, -0.05) is 6.92 Å². The van der Waals surface area contributed by atoms with E-state index in [0.29, 0.717) is 38.5 Å². The van der Waals surface area contributed by atoms with E-state index in [0.717, 1.165) is 32.7 Å². The molecule has 0 bridgehead atoms. The number of piperazine rings is 2. The van der Waals surface area contributed by atoms with E-state index in [4.69, 9.17) is 4.74 Å². The van der Waals surface area contributed by atoms with E-state index in [1.165, 1.54) is 4.31 Å². The summed E-state index contributed by atoms with van der Waals surface area (Å²) >= 11 is 0. The second kappa shape index (κ2) is 10.1. The zero-order chi connectivity index (χ0) is 21.7. The summed E-state index contributed by atoms with van der Waals surface area (Å²) in [5.41, 5.74) is 0. The Labute approximate surface area is 180 Å². The Morgan fingerprint density at radius 2 is 1.57 bits per heavy atom. The van der Waals surface area contributed by atoms with E-state index in [1.54, 1.807) is 24.3 Å². The zero-order valence-corrected chi connectivity index (χ0v) is 19.1. The van der Waals surface area contributed by atoms with Crippen LogP contribution in [0.4, 0.5) is 0 Å². The smallest absolute Gasteiger partial charge is 0.243 e. The third-order valence-electron chi connectivity index (χ3n) is 6.08. The number of nitrogens with zero attached hydrogens (tertiary/aromatic N) is 4. The molecule has 2 aliphatic rings. The number of hydrogen-bond acceptors (Lipinski definition) is 6. The molecule has 9 heteroatoms. The highest BCUT2D eigenvalue weighted by molar-refractivity contribution is 7.89. The van der Waals surface area contributed by atoms with Crippen LogP contribution in [0.2, 0.25) is 0 Å². The molecule has 1 atom stereocenters. The minimum Gasteiger partial charge on any atom is -0.494 e. The van der Waals surface area contributed by atoms with E-state index < -0.39 is 10.0 Å². The van der Waals surface area contributed by atoms with E-state index in [9.17, 15) is 13.2 Å². The molecule has 1 amide bonds. The lowest BCUT2D eigenvalue weighted by Crippen LogP contribution is -2.57. The molecule has 0 radical (unpaired) electrons. The van der Waals surface area contributed by atoms with Crippen LogP contribution in [0.1, 0.15) is 20.8 Å². The molecular weight excluding hydrogens is 404 g/mol. The Kier molecular flexibility index (Phi) is 7.73. The molecule has 0 N–H and O–H groups in total. The first-order valence-electron chi connectivity index (χ1n) is 10.8. The van der Waals surface area contributed by atoms with Gasteiger partial charge in [0.05, 0.1) is 17.5 Å². The van der Waals surface area contributed by atoms with E-state index in [1.807, 2.05) is 18.7 Å². The number of ether oxygens (including phenoxy) is 1. The molecule has 0 aliphatic carbocycles. The van der Waals surface area contributed by atoms with Crippen LogP contribution in [0.15, 0.2) is 29.2 Å². The number of amides is 1. The lowest BCUT2D eigenvalue weighted by atomic mass is 10.2. The van der Waals surface area contributed by atoms with Crippen molar-refractivity contribution in [2.75, 3.05) is 65.5 Å². The Balaban J connectivity index is 1.55.